The van der Waals surface area contributed by atoms with Crippen molar-refractivity contribution in [2.24, 2.45) is 17.8 Å². The number of carboxylic acids is 1. The van der Waals surface area contributed by atoms with Crippen molar-refractivity contribution in [2.45, 2.75) is 19.3 Å². The molecule has 3 rings (SSSR count). The number of aliphatic carboxylic acids is 1. The lowest BCUT2D eigenvalue weighted by atomic mass is 10.0. The molecule has 3 aliphatic rings. The summed E-state index contributed by atoms with van der Waals surface area (Å²) in [7, 11) is 0. The van der Waals surface area contributed by atoms with Crippen molar-refractivity contribution in [1.82, 2.24) is 9.80 Å². The van der Waals surface area contributed by atoms with Gasteiger partial charge in [0.05, 0.1) is 6.54 Å². The minimum absolute atomic E-state index is 0.0929. The fraction of sp³-hybridized carbons (Fsp3) is 0.846. The standard InChI is InChI=1S/C13H20N2O3/c16-12(17)8-14-1-3-15(4-2-14)13(18)11-6-9-5-10(9)7-11/h9-11H,1-8H2,(H,16,17). The van der Waals surface area contributed by atoms with Crippen molar-refractivity contribution in [2.75, 3.05) is 32.7 Å². The SMILES string of the molecule is O=C(O)CN1CCN(C(=O)C2CC3CC3C2)CC1. The molecule has 0 bridgehead atoms. The zero-order valence-electron chi connectivity index (χ0n) is 10.5. The van der Waals surface area contributed by atoms with E-state index in [1.54, 1.807) is 0 Å². The molecule has 1 heterocycles. The molecule has 2 unspecified atom stereocenters. The second kappa shape index (κ2) is 4.53. The molecule has 2 atom stereocenters. The van der Waals surface area contributed by atoms with Gasteiger partial charge in [-0.25, -0.2) is 0 Å². The lowest BCUT2D eigenvalue weighted by Gasteiger charge is -2.35. The summed E-state index contributed by atoms with van der Waals surface area (Å²) in [5, 5.41) is 8.73. The van der Waals surface area contributed by atoms with Crippen LogP contribution in [-0.2, 0) is 9.59 Å². The van der Waals surface area contributed by atoms with Gasteiger partial charge in [-0.15, -0.1) is 0 Å². The van der Waals surface area contributed by atoms with Gasteiger partial charge in [-0.05, 0) is 31.1 Å². The van der Waals surface area contributed by atoms with Crippen LogP contribution in [0.3, 0.4) is 0 Å². The van der Waals surface area contributed by atoms with Gasteiger partial charge in [0.15, 0.2) is 0 Å². The molecule has 5 heteroatoms. The molecule has 1 N–H and O–H groups in total. The minimum atomic E-state index is -0.786. The van der Waals surface area contributed by atoms with Gasteiger partial charge in [0, 0.05) is 32.1 Å². The smallest absolute Gasteiger partial charge is 0.317 e. The third-order valence-electron chi connectivity index (χ3n) is 4.64. The van der Waals surface area contributed by atoms with E-state index in [1.165, 1.54) is 6.42 Å². The van der Waals surface area contributed by atoms with Crippen LogP contribution in [0.15, 0.2) is 0 Å². The number of carboxylic acid groups (broad SMARTS) is 1. The van der Waals surface area contributed by atoms with Gasteiger partial charge in [-0.3, -0.25) is 14.5 Å². The normalized spacial score (nSPS) is 35.3. The molecule has 2 aliphatic carbocycles. The van der Waals surface area contributed by atoms with E-state index in [0.717, 1.165) is 24.7 Å². The third-order valence-corrected chi connectivity index (χ3v) is 4.64. The summed E-state index contributed by atoms with van der Waals surface area (Å²) in [5.74, 6) is 1.47. The molecular weight excluding hydrogens is 232 g/mol. The Kier molecular flexibility index (Phi) is 3.01. The van der Waals surface area contributed by atoms with Gasteiger partial charge in [0.1, 0.15) is 0 Å². The predicted molar refractivity (Wildman–Crippen MR) is 65.0 cm³/mol. The number of piperazine rings is 1. The van der Waals surface area contributed by atoms with E-state index in [2.05, 4.69) is 0 Å². The van der Waals surface area contributed by atoms with Gasteiger partial charge in [-0.1, -0.05) is 0 Å². The Bertz CT molecular complexity index is 353. The first-order valence-electron chi connectivity index (χ1n) is 6.86. The Morgan fingerprint density at radius 3 is 2.17 bits per heavy atom. The highest BCUT2D eigenvalue weighted by Gasteiger charge is 2.48. The lowest BCUT2D eigenvalue weighted by molar-refractivity contribution is -0.140. The van der Waals surface area contributed by atoms with Gasteiger partial charge in [-0.2, -0.15) is 0 Å². The minimum Gasteiger partial charge on any atom is -0.480 e. The highest BCUT2D eigenvalue weighted by Crippen LogP contribution is 2.54. The topological polar surface area (TPSA) is 60.9 Å². The molecule has 0 radical (unpaired) electrons. The largest absolute Gasteiger partial charge is 0.480 e. The van der Waals surface area contributed by atoms with Crippen LogP contribution < -0.4 is 0 Å². The summed E-state index contributed by atoms with van der Waals surface area (Å²) in [6, 6.07) is 0. The molecule has 0 aromatic carbocycles. The quantitative estimate of drug-likeness (QED) is 0.783. The van der Waals surface area contributed by atoms with Gasteiger partial charge < -0.3 is 10.0 Å². The molecule has 1 amide bonds. The summed E-state index contributed by atoms with van der Waals surface area (Å²) in [4.78, 5) is 26.7. The van der Waals surface area contributed by atoms with Gasteiger partial charge in [0.2, 0.25) is 5.91 Å². The maximum atomic E-state index is 12.3. The molecule has 0 aromatic rings. The van der Waals surface area contributed by atoms with Crippen LogP contribution in [0.2, 0.25) is 0 Å². The fourth-order valence-corrected chi connectivity index (χ4v) is 3.49. The summed E-state index contributed by atoms with van der Waals surface area (Å²) in [6.07, 6.45) is 3.54. The number of nitrogens with zero attached hydrogens (tertiary/aromatic N) is 2. The number of amides is 1. The van der Waals surface area contributed by atoms with E-state index < -0.39 is 5.97 Å². The van der Waals surface area contributed by atoms with E-state index >= 15 is 0 Å². The molecule has 1 aliphatic heterocycles. The lowest BCUT2D eigenvalue weighted by Crippen LogP contribution is -2.51. The van der Waals surface area contributed by atoms with E-state index in [-0.39, 0.29) is 12.5 Å². The molecular formula is C13H20N2O3. The number of carbonyl (C=O) groups is 2. The van der Waals surface area contributed by atoms with Crippen LogP contribution in [0.25, 0.3) is 0 Å². The first-order chi connectivity index (χ1) is 8.63. The van der Waals surface area contributed by atoms with Crippen molar-refractivity contribution in [3.05, 3.63) is 0 Å². The van der Waals surface area contributed by atoms with Crippen molar-refractivity contribution < 1.29 is 14.7 Å². The Labute approximate surface area is 107 Å². The van der Waals surface area contributed by atoms with Crippen molar-refractivity contribution in [1.29, 1.82) is 0 Å². The van der Waals surface area contributed by atoms with E-state index in [1.807, 2.05) is 9.80 Å². The molecule has 1 saturated heterocycles. The number of hydrogen-bond donors (Lipinski definition) is 1. The number of hydrogen-bond acceptors (Lipinski definition) is 3. The Hall–Kier alpha value is -1.10. The average Bonchev–Trinajstić information content (AvgIpc) is 2.95. The average molecular weight is 252 g/mol. The summed E-state index contributed by atoms with van der Waals surface area (Å²) >= 11 is 0. The Morgan fingerprint density at radius 2 is 1.61 bits per heavy atom. The number of fused-ring (bicyclic) bond motifs is 1. The Morgan fingerprint density at radius 1 is 1.00 bits per heavy atom. The van der Waals surface area contributed by atoms with Gasteiger partial charge in [0.25, 0.3) is 0 Å². The molecule has 0 aromatic heterocycles. The maximum Gasteiger partial charge on any atom is 0.317 e. The highest BCUT2D eigenvalue weighted by molar-refractivity contribution is 5.79. The summed E-state index contributed by atoms with van der Waals surface area (Å²) in [6.45, 7) is 2.86. The molecule has 5 nitrogen and oxygen atoms in total. The first-order valence-corrected chi connectivity index (χ1v) is 6.86. The second-order valence-electron chi connectivity index (χ2n) is 5.92. The molecule has 100 valence electrons. The van der Waals surface area contributed by atoms with E-state index in [0.29, 0.717) is 32.1 Å². The van der Waals surface area contributed by atoms with Crippen LogP contribution in [-0.4, -0.2) is 59.5 Å². The fourth-order valence-electron chi connectivity index (χ4n) is 3.49. The van der Waals surface area contributed by atoms with Crippen molar-refractivity contribution in [3.63, 3.8) is 0 Å². The van der Waals surface area contributed by atoms with Crippen LogP contribution in [0.4, 0.5) is 0 Å². The molecule has 3 fully saturated rings. The van der Waals surface area contributed by atoms with Gasteiger partial charge >= 0.3 is 5.97 Å². The van der Waals surface area contributed by atoms with E-state index in [9.17, 15) is 9.59 Å². The maximum absolute atomic E-state index is 12.3. The monoisotopic (exact) mass is 252 g/mol. The van der Waals surface area contributed by atoms with Crippen LogP contribution >= 0.6 is 0 Å². The van der Waals surface area contributed by atoms with Crippen molar-refractivity contribution in [3.8, 4) is 0 Å². The zero-order chi connectivity index (χ0) is 12.7. The Balaban J connectivity index is 1.47. The number of rotatable bonds is 3. The molecule has 18 heavy (non-hydrogen) atoms. The van der Waals surface area contributed by atoms with Crippen LogP contribution in [0, 0.1) is 17.8 Å². The van der Waals surface area contributed by atoms with Crippen molar-refractivity contribution >= 4 is 11.9 Å². The predicted octanol–water partition coefficient (Wildman–Crippen LogP) is 0.261. The summed E-state index contributed by atoms with van der Waals surface area (Å²) < 4.78 is 0. The summed E-state index contributed by atoms with van der Waals surface area (Å²) in [5.41, 5.74) is 0. The molecule has 0 spiro atoms. The first kappa shape index (κ1) is 12.0. The number of carbonyl (C=O) groups excluding carboxylic acids is 1. The highest BCUT2D eigenvalue weighted by atomic mass is 16.4. The van der Waals surface area contributed by atoms with Crippen LogP contribution in [0.5, 0.6) is 0 Å². The second-order valence-corrected chi connectivity index (χ2v) is 5.92. The molecule has 2 saturated carbocycles. The third kappa shape index (κ3) is 2.36. The van der Waals surface area contributed by atoms with Crippen LogP contribution in [0.1, 0.15) is 19.3 Å². The van der Waals surface area contributed by atoms with E-state index in [4.69, 9.17) is 5.11 Å². The zero-order valence-corrected chi connectivity index (χ0v) is 10.5.